The zero-order valence-electron chi connectivity index (χ0n) is 8.77. The van der Waals surface area contributed by atoms with Gasteiger partial charge in [-0.3, -0.25) is 0 Å². The van der Waals surface area contributed by atoms with E-state index in [1.165, 1.54) is 13.8 Å². The van der Waals surface area contributed by atoms with Crippen molar-refractivity contribution in [1.29, 1.82) is 0 Å². The first-order valence-electron chi connectivity index (χ1n) is 3.02. The molecule has 17 heavy (non-hydrogen) atoms. The second-order valence-electron chi connectivity index (χ2n) is 2.14. The monoisotopic (exact) mass is 391 g/mol. The van der Waals surface area contributed by atoms with Gasteiger partial charge in [0, 0.05) is 0 Å². The van der Waals surface area contributed by atoms with Gasteiger partial charge in [0.25, 0.3) is 0 Å². The fourth-order valence-corrected chi connectivity index (χ4v) is 0. The molecule has 9 heteroatoms. The SMILES string of the molecule is C=C(C)C(=O)[O-].C=C(C)C(=O)[O-].[Cu+2].[Cu+2].[Cu+2].[O-2].[O-2]. The van der Waals surface area contributed by atoms with Crippen molar-refractivity contribution in [3.05, 3.63) is 24.3 Å². The molecule has 0 aliphatic heterocycles. The van der Waals surface area contributed by atoms with E-state index < -0.39 is 11.9 Å². The molecule has 0 aromatic heterocycles. The normalized spacial score (nSPS) is 5.29. The molecule has 0 amide bonds. The van der Waals surface area contributed by atoms with Gasteiger partial charge in [-0.05, 0) is 25.0 Å². The molecule has 0 aromatic rings. The number of carboxylic acids is 2. The Bertz CT molecular complexity index is 181. The van der Waals surface area contributed by atoms with E-state index in [1.54, 1.807) is 0 Å². The smallest absolute Gasteiger partial charge is 2.00 e. The zero-order chi connectivity index (χ0) is 10.3. The molecule has 0 N–H and O–H groups in total. The van der Waals surface area contributed by atoms with Gasteiger partial charge in [-0.2, -0.15) is 0 Å². The van der Waals surface area contributed by atoms with Crippen molar-refractivity contribution in [2.24, 2.45) is 0 Å². The maximum absolute atomic E-state index is 9.49. The number of carboxylic acid groups (broad SMARTS) is 2. The van der Waals surface area contributed by atoms with Crippen molar-refractivity contribution in [2.45, 2.75) is 13.8 Å². The Morgan fingerprint density at radius 3 is 0.824 bits per heavy atom. The summed E-state index contributed by atoms with van der Waals surface area (Å²) in [5, 5.41) is 19.0. The Labute approximate surface area is 132 Å². The van der Waals surface area contributed by atoms with Crippen LogP contribution < -0.4 is 10.2 Å². The first-order chi connectivity index (χ1) is 5.29. The summed E-state index contributed by atoms with van der Waals surface area (Å²) < 4.78 is 0. The molecule has 0 aliphatic rings. The molecule has 0 fully saturated rings. The van der Waals surface area contributed by atoms with E-state index in [9.17, 15) is 19.8 Å². The van der Waals surface area contributed by atoms with Crippen molar-refractivity contribution >= 4 is 11.9 Å². The average molecular weight is 393 g/mol. The molecule has 0 atom stereocenters. The molecular weight excluding hydrogens is 383 g/mol. The summed E-state index contributed by atoms with van der Waals surface area (Å²) >= 11 is 0. The standard InChI is InChI=1S/2C4H6O2.3Cu.2O/c2*1-3(2)4(5)6;;;;;/h2*1H2,2H3,(H,5,6);;;;;/q;;3*+2;2*-2/p-2. The van der Waals surface area contributed by atoms with Crippen molar-refractivity contribution in [3.8, 4) is 0 Å². The van der Waals surface area contributed by atoms with Gasteiger partial charge in [-0.15, -0.1) is 0 Å². The molecule has 0 aromatic carbocycles. The van der Waals surface area contributed by atoms with Gasteiger partial charge in [-0.25, -0.2) is 0 Å². The maximum atomic E-state index is 9.49. The third kappa shape index (κ3) is 49.2. The number of hydrogen-bond donors (Lipinski definition) is 0. The summed E-state index contributed by atoms with van der Waals surface area (Å²) in [6.07, 6.45) is 0. The fourth-order valence-electron chi connectivity index (χ4n) is 0. The minimum absolute atomic E-state index is 0. The number of rotatable bonds is 2. The van der Waals surface area contributed by atoms with Gasteiger partial charge < -0.3 is 30.8 Å². The van der Waals surface area contributed by atoms with Gasteiger partial charge in [0.2, 0.25) is 0 Å². The largest absolute Gasteiger partial charge is 2.00 e. The van der Waals surface area contributed by atoms with E-state index in [0.29, 0.717) is 0 Å². The van der Waals surface area contributed by atoms with E-state index in [4.69, 9.17) is 0 Å². The average Bonchev–Trinajstić information content (AvgIpc) is 1.88. The van der Waals surface area contributed by atoms with Crippen LogP contribution in [-0.2, 0) is 71.7 Å². The molecule has 0 saturated carbocycles. The quantitative estimate of drug-likeness (QED) is 0.411. The van der Waals surface area contributed by atoms with Gasteiger partial charge in [-0.1, -0.05) is 13.2 Å². The first kappa shape index (κ1) is 43.6. The van der Waals surface area contributed by atoms with Crippen LogP contribution in [0, 0.1) is 0 Å². The molecule has 3 radical (unpaired) electrons. The second kappa shape index (κ2) is 24.9. The summed E-state index contributed by atoms with van der Waals surface area (Å²) in [7, 11) is 0. The predicted molar refractivity (Wildman–Crippen MR) is 41.0 cm³/mol. The summed E-state index contributed by atoms with van der Waals surface area (Å²) in [6, 6.07) is 0. The molecule has 0 saturated heterocycles. The Morgan fingerprint density at radius 2 is 0.824 bits per heavy atom. The molecule has 0 bridgehead atoms. The van der Waals surface area contributed by atoms with Gasteiger partial charge >= 0.3 is 51.2 Å². The molecule has 6 nitrogen and oxygen atoms in total. The van der Waals surface area contributed by atoms with Crippen LogP contribution in [0.5, 0.6) is 0 Å². The molecule has 0 heterocycles. The third-order valence-electron chi connectivity index (χ3n) is 0.697. The van der Waals surface area contributed by atoms with Crippen LogP contribution in [-0.4, -0.2) is 11.9 Å². The predicted octanol–water partition coefficient (Wildman–Crippen LogP) is -1.62. The van der Waals surface area contributed by atoms with E-state index in [0.717, 1.165) is 0 Å². The summed E-state index contributed by atoms with van der Waals surface area (Å²) in [5.41, 5.74) is 0.130. The summed E-state index contributed by atoms with van der Waals surface area (Å²) in [6.45, 7) is 8.95. The van der Waals surface area contributed by atoms with Crippen LogP contribution in [0.25, 0.3) is 0 Å². The Hall–Kier alpha value is -0.102. The number of aliphatic carboxylic acids is 2. The summed E-state index contributed by atoms with van der Waals surface area (Å²) in [5.74, 6) is -2.37. The van der Waals surface area contributed by atoms with E-state index >= 15 is 0 Å². The van der Waals surface area contributed by atoms with Crippen LogP contribution >= 0.6 is 0 Å². The Morgan fingerprint density at radius 1 is 0.765 bits per heavy atom. The van der Waals surface area contributed by atoms with E-state index in [-0.39, 0.29) is 73.3 Å². The topological polar surface area (TPSA) is 137 Å². The van der Waals surface area contributed by atoms with Crippen LogP contribution in [0.1, 0.15) is 13.8 Å². The maximum Gasteiger partial charge on any atom is 2.00 e. The summed E-state index contributed by atoms with van der Waals surface area (Å²) in [4.78, 5) is 19.0. The van der Waals surface area contributed by atoms with Crippen molar-refractivity contribution in [3.63, 3.8) is 0 Å². The minimum Gasteiger partial charge on any atom is -2.00 e. The molecule has 111 valence electrons. The van der Waals surface area contributed by atoms with Crippen molar-refractivity contribution in [2.75, 3.05) is 0 Å². The van der Waals surface area contributed by atoms with Crippen molar-refractivity contribution in [1.82, 2.24) is 0 Å². The fraction of sp³-hybridized carbons (Fsp3) is 0.250. The van der Waals surface area contributed by atoms with E-state index in [2.05, 4.69) is 13.2 Å². The van der Waals surface area contributed by atoms with Gasteiger partial charge in [0.05, 0.1) is 11.9 Å². The van der Waals surface area contributed by atoms with Crippen molar-refractivity contribution < 1.29 is 82.0 Å². The van der Waals surface area contributed by atoms with Crippen LogP contribution in [0.2, 0.25) is 0 Å². The number of carbonyl (C=O) groups is 2. The molecule has 0 spiro atoms. The first-order valence-corrected chi connectivity index (χ1v) is 3.02. The number of hydrogen-bond acceptors (Lipinski definition) is 4. The molecule has 0 unspecified atom stereocenters. The Balaban J connectivity index is -0.0000000182. The Kier molecular flexibility index (Phi) is 63.9. The van der Waals surface area contributed by atoms with Gasteiger partial charge in [0.1, 0.15) is 0 Å². The molecular formula is C8H10Cu3O6. The number of carbonyl (C=O) groups excluding carboxylic acids is 2. The van der Waals surface area contributed by atoms with Crippen LogP contribution in [0.4, 0.5) is 0 Å². The molecule has 0 rings (SSSR count). The van der Waals surface area contributed by atoms with Crippen LogP contribution in [0.3, 0.4) is 0 Å². The van der Waals surface area contributed by atoms with E-state index in [1.807, 2.05) is 0 Å². The minimum atomic E-state index is -1.19. The zero-order valence-corrected chi connectivity index (χ0v) is 11.6. The third-order valence-corrected chi connectivity index (χ3v) is 0.697. The second-order valence-corrected chi connectivity index (χ2v) is 2.14. The van der Waals surface area contributed by atoms with Crippen LogP contribution in [0.15, 0.2) is 24.3 Å². The molecule has 0 aliphatic carbocycles. The van der Waals surface area contributed by atoms with Gasteiger partial charge in [0.15, 0.2) is 0 Å².